The maximum Gasteiger partial charge on any atom is 0.123 e. The summed E-state index contributed by atoms with van der Waals surface area (Å²) in [5.41, 5.74) is 0.955. The highest BCUT2D eigenvalue weighted by atomic mass is 19.1. The van der Waals surface area contributed by atoms with Gasteiger partial charge in [0, 0.05) is 31.2 Å². The Morgan fingerprint density at radius 2 is 2.26 bits per heavy atom. The number of halogens is 1. The third-order valence-electron chi connectivity index (χ3n) is 4.27. The van der Waals surface area contributed by atoms with Gasteiger partial charge in [0.25, 0.3) is 0 Å². The summed E-state index contributed by atoms with van der Waals surface area (Å²) < 4.78 is 18.9. The lowest BCUT2D eigenvalue weighted by atomic mass is 10.0. The molecule has 1 aromatic carbocycles. The summed E-state index contributed by atoms with van der Waals surface area (Å²) in [5.74, 6) is 0.978. The summed E-state index contributed by atoms with van der Waals surface area (Å²) in [4.78, 5) is 0. The van der Waals surface area contributed by atoms with E-state index in [0.717, 1.165) is 37.1 Å². The molecule has 3 unspecified atom stereocenters. The van der Waals surface area contributed by atoms with Gasteiger partial charge in [0.1, 0.15) is 17.7 Å². The number of rotatable bonds is 4. The maximum atomic E-state index is 13.1. The van der Waals surface area contributed by atoms with Crippen molar-refractivity contribution in [3.8, 4) is 5.75 Å². The Labute approximate surface area is 112 Å². The van der Waals surface area contributed by atoms with Crippen molar-refractivity contribution in [1.29, 1.82) is 0 Å². The highest BCUT2D eigenvalue weighted by Gasteiger charge is 2.29. The van der Waals surface area contributed by atoms with Gasteiger partial charge in [-0.3, -0.25) is 0 Å². The number of aliphatic hydroxyl groups excluding tert-OH is 1. The summed E-state index contributed by atoms with van der Waals surface area (Å²) in [6, 6.07) is 5.10. The number of benzene rings is 1. The first-order valence-electron chi connectivity index (χ1n) is 7.05. The molecule has 0 aromatic heterocycles. The van der Waals surface area contributed by atoms with Crippen LogP contribution >= 0.6 is 0 Å². The molecule has 1 aromatic rings. The summed E-state index contributed by atoms with van der Waals surface area (Å²) in [7, 11) is 0. The molecule has 1 fully saturated rings. The molecule has 19 heavy (non-hydrogen) atoms. The molecule has 3 rings (SSSR count). The predicted octanol–water partition coefficient (Wildman–Crippen LogP) is 1.88. The second kappa shape index (κ2) is 5.47. The number of nitrogens with one attached hydrogen (secondary N) is 1. The molecule has 0 bridgehead atoms. The molecular weight excluding hydrogens is 245 g/mol. The van der Waals surface area contributed by atoms with Crippen molar-refractivity contribution in [2.24, 2.45) is 5.92 Å². The van der Waals surface area contributed by atoms with E-state index in [4.69, 9.17) is 4.74 Å². The lowest BCUT2D eigenvalue weighted by molar-refractivity contribution is 0.184. The van der Waals surface area contributed by atoms with Gasteiger partial charge in [-0.25, -0.2) is 4.39 Å². The van der Waals surface area contributed by atoms with E-state index < -0.39 is 0 Å². The monoisotopic (exact) mass is 265 g/mol. The third kappa shape index (κ3) is 2.74. The largest absolute Gasteiger partial charge is 0.488 e. The van der Waals surface area contributed by atoms with Gasteiger partial charge < -0.3 is 15.2 Å². The SMILES string of the molecule is OCC1CCCC1NCC1Cc2cc(F)ccc2O1. The summed E-state index contributed by atoms with van der Waals surface area (Å²) in [5, 5.41) is 12.8. The molecular formula is C15H20FNO2. The van der Waals surface area contributed by atoms with Crippen LogP contribution in [0.3, 0.4) is 0 Å². The fourth-order valence-corrected chi connectivity index (χ4v) is 3.21. The molecule has 0 spiro atoms. The Kier molecular flexibility index (Phi) is 3.71. The van der Waals surface area contributed by atoms with Gasteiger partial charge in [-0.05, 0) is 37.0 Å². The number of hydrogen-bond donors (Lipinski definition) is 2. The van der Waals surface area contributed by atoms with Crippen LogP contribution in [0.15, 0.2) is 18.2 Å². The van der Waals surface area contributed by atoms with Crippen molar-refractivity contribution >= 4 is 0 Å². The highest BCUT2D eigenvalue weighted by Crippen LogP contribution is 2.30. The lowest BCUT2D eigenvalue weighted by Crippen LogP contribution is -2.40. The second-order valence-corrected chi connectivity index (χ2v) is 5.58. The van der Waals surface area contributed by atoms with E-state index in [9.17, 15) is 9.50 Å². The van der Waals surface area contributed by atoms with Crippen molar-refractivity contribution in [1.82, 2.24) is 5.32 Å². The van der Waals surface area contributed by atoms with Gasteiger partial charge in [0.2, 0.25) is 0 Å². The smallest absolute Gasteiger partial charge is 0.123 e. The molecule has 104 valence electrons. The van der Waals surface area contributed by atoms with Crippen LogP contribution in [-0.2, 0) is 6.42 Å². The van der Waals surface area contributed by atoms with E-state index in [1.165, 1.54) is 12.5 Å². The minimum atomic E-state index is -0.202. The van der Waals surface area contributed by atoms with Gasteiger partial charge in [0.05, 0.1) is 0 Å². The molecule has 0 radical (unpaired) electrons. The number of fused-ring (bicyclic) bond motifs is 1. The minimum Gasteiger partial charge on any atom is -0.488 e. The average molecular weight is 265 g/mol. The highest BCUT2D eigenvalue weighted by molar-refractivity contribution is 5.37. The van der Waals surface area contributed by atoms with E-state index >= 15 is 0 Å². The molecule has 0 amide bonds. The molecule has 1 saturated carbocycles. The summed E-state index contributed by atoms with van der Waals surface area (Å²) in [6.45, 7) is 1.02. The molecule has 1 aliphatic carbocycles. The molecule has 3 nitrogen and oxygen atoms in total. The van der Waals surface area contributed by atoms with Crippen LogP contribution in [0, 0.1) is 11.7 Å². The molecule has 3 atom stereocenters. The van der Waals surface area contributed by atoms with Gasteiger partial charge in [-0.1, -0.05) is 6.42 Å². The van der Waals surface area contributed by atoms with Gasteiger partial charge in [-0.15, -0.1) is 0 Å². The summed E-state index contributed by atoms with van der Waals surface area (Å²) >= 11 is 0. The van der Waals surface area contributed by atoms with E-state index in [2.05, 4.69) is 5.32 Å². The average Bonchev–Trinajstić information content (AvgIpc) is 3.01. The van der Waals surface area contributed by atoms with E-state index in [-0.39, 0.29) is 18.5 Å². The number of ether oxygens (including phenoxy) is 1. The van der Waals surface area contributed by atoms with Crippen LogP contribution in [-0.4, -0.2) is 30.4 Å². The van der Waals surface area contributed by atoms with Crippen LogP contribution in [0.4, 0.5) is 4.39 Å². The van der Waals surface area contributed by atoms with E-state index in [1.54, 1.807) is 12.1 Å². The first-order chi connectivity index (χ1) is 9.26. The Bertz CT molecular complexity index is 452. The maximum absolute atomic E-state index is 13.1. The van der Waals surface area contributed by atoms with Crippen molar-refractivity contribution < 1.29 is 14.2 Å². The number of hydrogen-bond acceptors (Lipinski definition) is 3. The second-order valence-electron chi connectivity index (χ2n) is 5.58. The minimum absolute atomic E-state index is 0.0803. The zero-order chi connectivity index (χ0) is 13.2. The van der Waals surface area contributed by atoms with Crippen LogP contribution in [0.25, 0.3) is 0 Å². The Morgan fingerprint density at radius 3 is 3.11 bits per heavy atom. The molecule has 1 heterocycles. The lowest BCUT2D eigenvalue weighted by Gasteiger charge is -2.21. The fourth-order valence-electron chi connectivity index (χ4n) is 3.21. The van der Waals surface area contributed by atoms with E-state index in [0.29, 0.717) is 12.0 Å². The van der Waals surface area contributed by atoms with Crippen LogP contribution in [0.5, 0.6) is 5.75 Å². The van der Waals surface area contributed by atoms with Crippen molar-refractivity contribution in [2.75, 3.05) is 13.2 Å². The van der Waals surface area contributed by atoms with Gasteiger partial charge in [-0.2, -0.15) is 0 Å². The van der Waals surface area contributed by atoms with Gasteiger partial charge >= 0.3 is 0 Å². The van der Waals surface area contributed by atoms with Crippen LogP contribution < -0.4 is 10.1 Å². The van der Waals surface area contributed by atoms with Crippen molar-refractivity contribution in [2.45, 2.75) is 37.8 Å². The fraction of sp³-hybridized carbons (Fsp3) is 0.600. The Hall–Kier alpha value is -1.13. The summed E-state index contributed by atoms with van der Waals surface area (Å²) in [6.07, 6.45) is 4.25. The first-order valence-corrected chi connectivity index (χ1v) is 7.05. The topological polar surface area (TPSA) is 41.5 Å². The zero-order valence-electron chi connectivity index (χ0n) is 10.9. The van der Waals surface area contributed by atoms with Gasteiger partial charge in [0.15, 0.2) is 0 Å². The third-order valence-corrected chi connectivity index (χ3v) is 4.27. The quantitative estimate of drug-likeness (QED) is 0.873. The zero-order valence-corrected chi connectivity index (χ0v) is 10.9. The Balaban J connectivity index is 1.53. The molecule has 2 N–H and O–H groups in total. The molecule has 1 aliphatic heterocycles. The Morgan fingerprint density at radius 1 is 1.37 bits per heavy atom. The van der Waals surface area contributed by atoms with Crippen LogP contribution in [0.2, 0.25) is 0 Å². The van der Waals surface area contributed by atoms with Crippen molar-refractivity contribution in [3.63, 3.8) is 0 Å². The van der Waals surface area contributed by atoms with Crippen molar-refractivity contribution in [3.05, 3.63) is 29.6 Å². The number of aliphatic hydroxyl groups is 1. The van der Waals surface area contributed by atoms with E-state index in [1.807, 2.05) is 0 Å². The van der Waals surface area contributed by atoms with Crippen LogP contribution in [0.1, 0.15) is 24.8 Å². The molecule has 2 aliphatic rings. The normalized spacial score (nSPS) is 29.3. The first kappa shape index (κ1) is 12.9. The molecule has 0 saturated heterocycles. The predicted molar refractivity (Wildman–Crippen MR) is 70.7 cm³/mol. The standard InChI is InChI=1S/C15H20FNO2/c16-12-4-5-15-11(6-12)7-13(19-15)8-17-14-3-1-2-10(14)9-18/h4-6,10,13-14,17-18H,1-3,7-9H2. The molecule has 4 heteroatoms.